The van der Waals surface area contributed by atoms with Gasteiger partial charge in [-0.05, 0) is 146 Å². The number of rotatable bonds is 63. The van der Waals surface area contributed by atoms with Crippen molar-refractivity contribution in [3.63, 3.8) is 0 Å². The number of carbonyl (C=O) groups is 8. The van der Waals surface area contributed by atoms with Gasteiger partial charge in [-0.25, -0.2) is 0 Å². The highest BCUT2D eigenvalue weighted by molar-refractivity contribution is 8.15. The van der Waals surface area contributed by atoms with Crippen molar-refractivity contribution in [3.05, 3.63) is 0 Å². The maximum Gasteiger partial charge on any atom is 0.189 e. The first kappa shape index (κ1) is 134. The fourth-order valence-electron chi connectivity index (χ4n) is 13.8. The molecule has 1 unspecified atom stereocenters. The molecule has 714 valence electrons. The number of nitrogens with zero attached hydrogens (tertiary/aromatic N) is 8. The summed E-state index contributed by atoms with van der Waals surface area (Å²) in [7, 11) is 12.8. The Bertz CT molecular complexity index is 2300. The molecule has 0 amide bonds. The van der Waals surface area contributed by atoms with E-state index in [4.69, 9.17) is 0 Å². The second-order valence-corrected chi connectivity index (χ2v) is 43.1. The predicted octanol–water partition coefficient (Wildman–Crippen LogP) is 23.0. The molecule has 0 aromatic rings. The van der Waals surface area contributed by atoms with Gasteiger partial charge in [0.1, 0.15) is 0 Å². The van der Waals surface area contributed by atoms with Crippen LogP contribution in [0.3, 0.4) is 0 Å². The van der Waals surface area contributed by atoms with Gasteiger partial charge in [0.2, 0.25) is 0 Å². The lowest BCUT2D eigenvalue weighted by Gasteiger charge is -2.37. The number of unbranched alkanes of at least 4 members (excludes halogenated alkanes) is 1. The molecule has 16 nitrogen and oxygen atoms in total. The van der Waals surface area contributed by atoms with Crippen LogP contribution in [0.4, 0.5) is 0 Å². The topological polar surface area (TPSA) is 137 Å². The molecule has 0 aromatic heterocycles. The van der Waals surface area contributed by atoms with Gasteiger partial charge in [-0.3, -0.25) is 38.4 Å². The van der Waals surface area contributed by atoms with Crippen molar-refractivity contribution in [1.29, 1.82) is 0 Å². The van der Waals surface area contributed by atoms with Crippen LogP contribution >= 0.6 is 94.1 Å². The molecule has 0 heterocycles. The van der Waals surface area contributed by atoms with Gasteiger partial charge in [0.05, 0.1) is 258 Å². The number of quaternary nitrogens is 8. The van der Waals surface area contributed by atoms with Crippen LogP contribution in [-0.4, -0.2) is 335 Å². The Hall–Kier alpha value is -0.160. The van der Waals surface area contributed by atoms with Gasteiger partial charge < -0.3 is 35.9 Å². The number of carbonyl (C=O) groups excluding carboxylic acids is 8. The summed E-state index contributed by atoms with van der Waals surface area (Å²) in [6, 6.07) is 0. The molecule has 0 aliphatic rings. The molecule has 0 radical (unpaired) electrons. The van der Waals surface area contributed by atoms with Crippen LogP contribution in [0.5, 0.6) is 0 Å². The molecule has 24 heteroatoms. The first-order valence-corrected chi connectivity index (χ1v) is 56.1. The summed E-state index contributed by atoms with van der Waals surface area (Å²) in [5, 5.41) is 2.74. The van der Waals surface area contributed by atoms with E-state index in [-0.39, 0.29) is 0 Å². The summed E-state index contributed by atoms with van der Waals surface area (Å²) in [5.74, 6) is 7.80. The average molecular weight is 1850 g/mol. The Morgan fingerprint density at radius 3 is 0.454 bits per heavy atom. The van der Waals surface area contributed by atoms with Crippen LogP contribution in [0.15, 0.2) is 0 Å². The molecule has 0 bridgehead atoms. The SMILES string of the molecule is CCC(=O)SCC[N+](C)(C)C.CCC(=O)SCC[N+](CC)(CC)CC.CCCC(=O)SCC[N+](C)(C)C.CCCC(=O)SCC[N+](CC)(CC)CC.CCCC(=O)SCC[N+](CC)(CCC)CCC.CCCC(=O)SCC[N+](CC)(CCC)CCC.CCCC[N+](CC)(CCC)CCSC(=O)CC.CCC[N+](CC)(CCC)CCSC(=O)CC. The fraction of sp³-hybridized carbons (Fsp3) is 0.916. The summed E-state index contributed by atoms with van der Waals surface area (Å²) in [4.78, 5) is 90.0. The second kappa shape index (κ2) is 88.5. The van der Waals surface area contributed by atoms with E-state index in [1.807, 2.05) is 34.6 Å². The third kappa shape index (κ3) is 82.0. The smallest absolute Gasteiger partial charge is 0.189 e. The van der Waals surface area contributed by atoms with E-state index < -0.39 is 0 Å². The second-order valence-electron chi connectivity index (χ2n) is 33.9. The minimum Gasteiger partial charge on any atom is -0.330 e. The predicted molar refractivity (Wildman–Crippen MR) is 548 cm³/mol. The molecule has 0 aliphatic carbocycles. The molecular weight excluding hydrogens is 1640 g/mol. The van der Waals surface area contributed by atoms with Crippen molar-refractivity contribution in [1.82, 2.24) is 0 Å². The first-order valence-electron chi connectivity index (χ1n) is 48.2. The van der Waals surface area contributed by atoms with Gasteiger partial charge >= 0.3 is 0 Å². The van der Waals surface area contributed by atoms with E-state index in [0.717, 1.165) is 168 Å². The van der Waals surface area contributed by atoms with E-state index in [9.17, 15) is 38.4 Å². The molecular formula is C95H206N8O8S8+8. The zero-order valence-electron chi connectivity index (χ0n) is 85.0. The van der Waals surface area contributed by atoms with E-state index in [2.05, 4.69) is 188 Å². The van der Waals surface area contributed by atoms with Crippen molar-refractivity contribution in [2.75, 3.05) is 258 Å². The van der Waals surface area contributed by atoms with Crippen LogP contribution in [0.25, 0.3) is 0 Å². The van der Waals surface area contributed by atoms with Crippen LogP contribution in [-0.2, 0) is 38.4 Å². The Morgan fingerprint density at radius 2 is 0.319 bits per heavy atom. The Morgan fingerprint density at radius 1 is 0.168 bits per heavy atom. The maximum atomic E-state index is 11.5. The monoisotopic (exact) mass is 1840 g/mol. The minimum absolute atomic E-state index is 0.304. The van der Waals surface area contributed by atoms with E-state index in [1.54, 1.807) is 23.5 Å². The quantitative estimate of drug-likeness (QED) is 0.0534. The van der Waals surface area contributed by atoms with Crippen molar-refractivity contribution < 1.29 is 74.2 Å². The Kier molecular flexibility index (Phi) is 99.9. The van der Waals surface area contributed by atoms with Gasteiger partial charge in [-0.1, -0.05) is 211 Å². The third-order valence-corrected chi connectivity index (χ3v) is 30.2. The van der Waals surface area contributed by atoms with Gasteiger partial charge in [-0.15, -0.1) is 0 Å². The summed E-state index contributed by atoms with van der Waals surface area (Å²) in [6.45, 7) is 87.5. The third-order valence-electron chi connectivity index (χ3n) is 22.6. The highest BCUT2D eigenvalue weighted by Gasteiger charge is 2.28. The molecule has 1 atom stereocenters. The van der Waals surface area contributed by atoms with Crippen LogP contribution in [0.1, 0.15) is 315 Å². The molecule has 0 fully saturated rings. The van der Waals surface area contributed by atoms with Crippen molar-refractivity contribution >= 4 is 135 Å². The van der Waals surface area contributed by atoms with Crippen LogP contribution in [0.2, 0.25) is 0 Å². The first-order chi connectivity index (χ1) is 56.2. The lowest BCUT2D eigenvalue weighted by Crippen LogP contribution is -2.50. The normalized spacial score (nSPS) is 12.1. The Balaban J connectivity index is -0.000000198. The molecule has 0 spiro atoms. The van der Waals surface area contributed by atoms with E-state index in [0.29, 0.717) is 66.6 Å². The van der Waals surface area contributed by atoms with Crippen LogP contribution < -0.4 is 0 Å². The highest BCUT2D eigenvalue weighted by atomic mass is 32.2. The minimum atomic E-state index is 0.304. The summed E-state index contributed by atoms with van der Waals surface area (Å²) < 4.78 is 8.94. The molecule has 0 saturated carbocycles. The molecule has 0 rings (SSSR count). The lowest BCUT2D eigenvalue weighted by molar-refractivity contribution is -0.924. The largest absolute Gasteiger partial charge is 0.330 e. The average Bonchev–Trinajstić information content (AvgIpc) is 0.881. The zero-order chi connectivity index (χ0) is 93.2. The van der Waals surface area contributed by atoms with Crippen molar-refractivity contribution in [2.45, 2.75) is 315 Å². The highest BCUT2D eigenvalue weighted by Crippen LogP contribution is 2.21. The molecule has 119 heavy (non-hydrogen) atoms. The van der Waals surface area contributed by atoms with Gasteiger partial charge in [0.25, 0.3) is 0 Å². The number of thioether (sulfide) groups is 8. The van der Waals surface area contributed by atoms with Crippen LogP contribution in [0, 0.1) is 0 Å². The molecule has 0 aliphatic heterocycles. The molecule has 0 aromatic carbocycles. The van der Waals surface area contributed by atoms with Crippen molar-refractivity contribution in [2.24, 2.45) is 0 Å². The zero-order valence-corrected chi connectivity index (χ0v) is 91.5. The molecule has 0 N–H and O–H groups in total. The summed E-state index contributed by atoms with van der Waals surface area (Å²) in [5.41, 5.74) is 0. The van der Waals surface area contributed by atoms with Crippen molar-refractivity contribution in [3.8, 4) is 0 Å². The number of hydrogen-bond donors (Lipinski definition) is 0. The van der Waals surface area contributed by atoms with Gasteiger partial charge in [-0.2, -0.15) is 0 Å². The van der Waals surface area contributed by atoms with E-state index in [1.165, 1.54) is 264 Å². The Labute approximate surface area is 776 Å². The fourth-order valence-corrected chi connectivity index (χ4v) is 22.0. The van der Waals surface area contributed by atoms with Gasteiger partial charge in [0, 0.05) is 51.4 Å². The standard InChI is InChI=1S/3C14H30NOS.C13H28NOS.C12H26NOS.C11H24NOS.C9H20NOS.C8H18NOS/c1-5-9-11-15(8-4,10-6-2)12-13-17-14(16)7-3;2*1-5-9-14(16)17-13-12-15(8-4,10-6-2)11-7-3;1-5-9-14(8-4,10-6-2)11-12-16-13(15)7-3;1-5-9-12(14)15-11-10-13(6-2,7-3)8-4;1-5-11(13)14-10-9-12(6-2,7-3)8-4;1-5-6-9(11)12-8-7-10(2,3)4;1-5-8(10)11-7-6-9(2,3)4/h3*5-13H2,1-4H3;5-12H2,1-4H3;5-11H2,1-4H3;5-10H2,1-4H3;5-8H2,1-4H3;5-7H2,1-4H3/q8*+1. The summed E-state index contributed by atoms with van der Waals surface area (Å²) >= 11 is 12.1. The summed E-state index contributed by atoms with van der Waals surface area (Å²) in [6.07, 6.45) is 20.7. The maximum absolute atomic E-state index is 11.5. The van der Waals surface area contributed by atoms with E-state index >= 15 is 0 Å². The molecule has 0 saturated heterocycles. The van der Waals surface area contributed by atoms with Gasteiger partial charge in [0.15, 0.2) is 40.9 Å². The lowest BCUT2D eigenvalue weighted by atomic mass is 10.2. The number of hydrogen-bond acceptors (Lipinski definition) is 16.